The maximum Gasteiger partial charge on any atom is 0.331 e. The molecular formula is C17H23NO3S. The largest absolute Gasteiger partial charge is 0.463 e. The number of hydrogen-bond donors (Lipinski definition) is 0. The highest BCUT2D eigenvalue weighted by Crippen LogP contribution is 2.32. The van der Waals surface area contributed by atoms with Crippen LogP contribution in [0.15, 0.2) is 36.4 Å². The van der Waals surface area contributed by atoms with Gasteiger partial charge in [-0.05, 0) is 36.8 Å². The molecule has 0 bridgehead atoms. The van der Waals surface area contributed by atoms with Crippen LogP contribution < -0.4 is 0 Å². The van der Waals surface area contributed by atoms with Gasteiger partial charge in [0.15, 0.2) is 0 Å². The van der Waals surface area contributed by atoms with Gasteiger partial charge in [0.25, 0.3) is 0 Å². The van der Waals surface area contributed by atoms with E-state index in [1.807, 2.05) is 41.6 Å². The number of allylic oxidation sites excluding steroid dienone is 1. The minimum atomic E-state index is -0.916. The summed E-state index contributed by atoms with van der Waals surface area (Å²) in [6.07, 6.45) is 5.15. The van der Waals surface area contributed by atoms with Gasteiger partial charge in [0, 0.05) is 25.4 Å². The summed E-state index contributed by atoms with van der Waals surface area (Å²) < 4.78 is 18.6. The summed E-state index contributed by atoms with van der Waals surface area (Å²) in [5, 5.41) is 0. The lowest BCUT2D eigenvalue weighted by atomic mass is 9.85. The highest BCUT2D eigenvalue weighted by molar-refractivity contribution is 7.81. The first-order valence-corrected chi connectivity index (χ1v) is 9.15. The average Bonchev–Trinajstić information content (AvgIpc) is 2.54. The standard InChI is InChI=1S/C17H23NO3S/c1-3-21-17(19)13-16(14-7-5-4-6-8-14)15-9-11-18(12-10-15)22(2)20/h4-8,13,15H,3,9-12H2,1-2H3/b16-13+. The fourth-order valence-electron chi connectivity index (χ4n) is 2.80. The van der Waals surface area contributed by atoms with Crippen LogP contribution in [0.4, 0.5) is 0 Å². The Bertz CT molecular complexity index is 548. The molecule has 0 amide bonds. The molecule has 1 atom stereocenters. The molecule has 0 radical (unpaired) electrons. The summed E-state index contributed by atoms with van der Waals surface area (Å²) in [6, 6.07) is 9.97. The molecule has 4 nitrogen and oxygen atoms in total. The SMILES string of the molecule is CCOC(=O)/C=C(\c1ccccc1)C1CCN(S(C)=O)CC1. The van der Waals surface area contributed by atoms with Gasteiger partial charge in [-0.25, -0.2) is 13.3 Å². The number of carbonyl (C=O) groups is 1. The second kappa shape index (κ2) is 8.25. The predicted octanol–water partition coefficient (Wildman–Crippen LogP) is 2.64. The molecule has 1 aliphatic heterocycles. The van der Waals surface area contributed by atoms with Crippen LogP contribution >= 0.6 is 0 Å². The summed E-state index contributed by atoms with van der Waals surface area (Å²) in [6.45, 7) is 3.77. The van der Waals surface area contributed by atoms with Gasteiger partial charge in [-0.15, -0.1) is 0 Å². The number of hydrogen-bond acceptors (Lipinski definition) is 3. The zero-order chi connectivity index (χ0) is 15.9. The minimum absolute atomic E-state index is 0.289. The maximum absolute atomic E-state index is 11.9. The van der Waals surface area contributed by atoms with E-state index in [1.165, 1.54) is 0 Å². The van der Waals surface area contributed by atoms with Gasteiger partial charge < -0.3 is 4.74 Å². The monoisotopic (exact) mass is 321 g/mol. The summed E-state index contributed by atoms with van der Waals surface area (Å²) >= 11 is 0. The number of benzene rings is 1. The van der Waals surface area contributed by atoms with Crippen LogP contribution in [-0.4, -0.2) is 40.4 Å². The number of nitrogens with zero attached hydrogens (tertiary/aromatic N) is 1. The normalized spacial score (nSPS) is 18.9. The summed E-state index contributed by atoms with van der Waals surface area (Å²) in [5.74, 6) is 0.00876. The molecule has 0 saturated carbocycles. The number of piperidine rings is 1. The van der Waals surface area contributed by atoms with E-state index in [2.05, 4.69) is 0 Å². The molecule has 1 aromatic rings. The number of esters is 1. The van der Waals surface area contributed by atoms with E-state index in [0.717, 1.165) is 37.1 Å². The van der Waals surface area contributed by atoms with E-state index in [-0.39, 0.29) is 5.97 Å². The first kappa shape index (κ1) is 16.9. The van der Waals surface area contributed by atoms with Gasteiger partial charge in [0.05, 0.1) is 17.6 Å². The third-order valence-corrected chi connectivity index (χ3v) is 5.02. The topological polar surface area (TPSA) is 46.6 Å². The average molecular weight is 321 g/mol. The zero-order valence-electron chi connectivity index (χ0n) is 13.2. The summed E-state index contributed by atoms with van der Waals surface area (Å²) in [4.78, 5) is 11.9. The molecule has 1 unspecified atom stereocenters. The van der Waals surface area contributed by atoms with Crippen molar-refractivity contribution in [1.29, 1.82) is 0 Å². The Balaban J connectivity index is 2.19. The maximum atomic E-state index is 11.9. The Hall–Kier alpha value is -1.46. The smallest absolute Gasteiger partial charge is 0.331 e. The molecule has 22 heavy (non-hydrogen) atoms. The molecule has 0 spiro atoms. The lowest BCUT2D eigenvalue weighted by Crippen LogP contribution is -2.35. The highest BCUT2D eigenvalue weighted by atomic mass is 32.2. The van der Waals surface area contributed by atoms with Crippen molar-refractivity contribution in [2.75, 3.05) is 26.0 Å². The van der Waals surface area contributed by atoms with Crippen molar-refractivity contribution >= 4 is 22.5 Å². The van der Waals surface area contributed by atoms with Crippen molar-refractivity contribution in [1.82, 2.24) is 4.31 Å². The first-order valence-electron chi connectivity index (χ1n) is 7.64. The molecule has 1 aromatic carbocycles. The first-order chi connectivity index (χ1) is 10.6. The molecule has 2 rings (SSSR count). The lowest BCUT2D eigenvalue weighted by Gasteiger charge is -2.31. The van der Waals surface area contributed by atoms with E-state index < -0.39 is 11.0 Å². The van der Waals surface area contributed by atoms with Gasteiger partial charge in [0.2, 0.25) is 0 Å². The molecule has 0 aromatic heterocycles. The number of rotatable bonds is 5. The molecule has 1 saturated heterocycles. The van der Waals surface area contributed by atoms with E-state index in [0.29, 0.717) is 12.5 Å². The van der Waals surface area contributed by atoms with E-state index in [1.54, 1.807) is 12.3 Å². The fourth-order valence-corrected chi connectivity index (χ4v) is 3.53. The predicted molar refractivity (Wildman–Crippen MR) is 89.4 cm³/mol. The van der Waals surface area contributed by atoms with Gasteiger partial charge in [-0.3, -0.25) is 0 Å². The van der Waals surface area contributed by atoms with Crippen molar-refractivity contribution in [2.24, 2.45) is 5.92 Å². The quantitative estimate of drug-likeness (QED) is 0.619. The second-order valence-corrected chi connectivity index (χ2v) is 6.71. The molecule has 1 aliphatic rings. The highest BCUT2D eigenvalue weighted by Gasteiger charge is 2.25. The van der Waals surface area contributed by atoms with Crippen LogP contribution in [0.5, 0.6) is 0 Å². The van der Waals surface area contributed by atoms with Crippen LogP contribution in [0, 0.1) is 5.92 Å². The molecule has 0 N–H and O–H groups in total. The molecular weight excluding hydrogens is 298 g/mol. The molecule has 1 heterocycles. The van der Waals surface area contributed by atoms with Crippen molar-refractivity contribution in [2.45, 2.75) is 19.8 Å². The Labute approximate surface area is 134 Å². The van der Waals surface area contributed by atoms with Crippen LogP contribution in [0.2, 0.25) is 0 Å². The summed E-state index contributed by atoms with van der Waals surface area (Å²) in [7, 11) is -0.916. The van der Waals surface area contributed by atoms with Crippen LogP contribution in [0.3, 0.4) is 0 Å². The van der Waals surface area contributed by atoms with E-state index in [9.17, 15) is 9.00 Å². The number of ether oxygens (including phenoxy) is 1. The molecule has 5 heteroatoms. The van der Waals surface area contributed by atoms with Crippen LogP contribution in [0.25, 0.3) is 5.57 Å². The van der Waals surface area contributed by atoms with Crippen LogP contribution in [0.1, 0.15) is 25.3 Å². The van der Waals surface area contributed by atoms with Crippen molar-refractivity contribution in [3.8, 4) is 0 Å². The third kappa shape index (κ3) is 4.52. The van der Waals surface area contributed by atoms with Crippen molar-refractivity contribution < 1.29 is 13.7 Å². The Kier molecular flexibility index (Phi) is 6.34. The Morgan fingerprint density at radius 1 is 1.32 bits per heavy atom. The number of carbonyl (C=O) groups excluding carboxylic acids is 1. The van der Waals surface area contributed by atoms with Crippen LogP contribution in [-0.2, 0) is 20.5 Å². The van der Waals surface area contributed by atoms with Gasteiger partial charge >= 0.3 is 5.97 Å². The molecule has 0 aliphatic carbocycles. The van der Waals surface area contributed by atoms with E-state index in [4.69, 9.17) is 4.74 Å². The molecule has 1 fully saturated rings. The minimum Gasteiger partial charge on any atom is -0.463 e. The lowest BCUT2D eigenvalue weighted by molar-refractivity contribution is -0.137. The molecule has 120 valence electrons. The second-order valence-electron chi connectivity index (χ2n) is 5.34. The van der Waals surface area contributed by atoms with Gasteiger partial charge in [0.1, 0.15) is 0 Å². The van der Waals surface area contributed by atoms with Crippen molar-refractivity contribution in [3.05, 3.63) is 42.0 Å². The zero-order valence-corrected chi connectivity index (χ0v) is 14.0. The van der Waals surface area contributed by atoms with Crippen molar-refractivity contribution in [3.63, 3.8) is 0 Å². The summed E-state index contributed by atoms with van der Waals surface area (Å²) in [5.41, 5.74) is 2.09. The Morgan fingerprint density at radius 2 is 1.95 bits per heavy atom. The van der Waals surface area contributed by atoms with E-state index >= 15 is 0 Å². The Morgan fingerprint density at radius 3 is 2.50 bits per heavy atom. The fraction of sp³-hybridized carbons (Fsp3) is 0.471. The van der Waals surface area contributed by atoms with Gasteiger partial charge in [-0.2, -0.15) is 0 Å². The van der Waals surface area contributed by atoms with Gasteiger partial charge in [-0.1, -0.05) is 30.3 Å². The third-order valence-electron chi connectivity index (χ3n) is 3.92.